The van der Waals surface area contributed by atoms with Crippen LogP contribution in [0, 0.1) is 17.7 Å². The van der Waals surface area contributed by atoms with E-state index in [2.05, 4.69) is 27.2 Å². The SMILES string of the molecule is O=C(O)[C@H]1CCC[C@@H](C(=O)NCC(c2ccccc2)N2CCN(c3ccc(F)cc3)CC2)C1. The maximum absolute atomic E-state index is 13.3. The fourth-order valence-corrected chi connectivity index (χ4v) is 5.07. The predicted octanol–water partition coefficient (Wildman–Crippen LogP) is 3.70. The first-order chi connectivity index (χ1) is 16.0. The lowest BCUT2D eigenvalue weighted by Crippen LogP contribution is -2.50. The quantitative estimate of drug-likeness (QED) is 0.669. The third kappa shape index (κ3) is 5.90. The van der Waals surface area contributed by atoms with E-state index in [9.17, 15) is 19.1 Å². The van der Waals surface area contributed by atoms with Crippen LogP contribution in [-0.4, -0.2) is 54.6 Å². The van der Waals surface area contributed by atoms with Crippen molar-refractivity contribution in [2.45, 2.75) is 31.7 Å². The molecule has 1 unspecified atom stereocenters. The lowest BCUT2D eigenvalue weighted by Gasteiger charge is -2.40. The van der Waals surface area contributed by atoms with Crippen molar-refractivity contribution in [3.8, 4) is 0 Å². The van der Waals surface area contributed by atoms with E-state index in [1.54, 1.807) is 0 Å². The largest absolute Gasteiger partial charge is 0.481 e. The summed E-state index contributed by atoms with van der Waals surface area (Å²) in [6.07, 6.45) is 2.61. The first kappa shape index (κ1) is 23.2. The Morgan fingerprint density at radius 3 is 2.30 bits per heavy atom. The molecule has 1 aliphatic heterocycles. The number of hydrogen-bond acceptors (Lipinski definition) is 4. The first-order valence-corrected chi connectivity index (χ1v) is 11.8. The van der Waals surface area contributed by atoms with Gasteiger partial charge in [0.15, 0.2) is 0 Å². The highest BCUT2D eigenvalue weighted by Crippen LogP contribution is 2.30. The molecular weight excluding hydrogens is 421 g/mol. The number of aliphatic carboxylic acids is 1. The van der Waals surface area contributed by atoms with Gasteiger partial charge in [0, 0.05) is 44.3 Å². The summed E-state index contributed by atoms with van der Waals surface area (Å²) in [5, 5.41) is 12.5. The predicted molar refractivity (Wildman–Crippen MR) is 125 cm³/mol. The van der Waals surface area contributed by atoms with Crippen molar-refractivity contribution < 1.29 is 19.1 Å². The molecule has 1 saturated carbocycles. The Morgan fingerprint density at radius 1 is 0.970 bits per heavy atom. The molecule has 3 atom stereocenters. The Balaban J connectivity index is 1.38. The van der Waals surface area contributed by atoms with E-state index in [0.717, 1.165) is 50.3 Å². The van der Waals surface area contributed by atoms with Crippen LogP contribution in [-0.2, 0) is 9.59 Å². The fourth-order valence-electron chi connectivity index (χ4n) is 5.07. The van der Waals surface area contributed by atoms with Gasteiger partial charge in [0.1, 0.15) is 5.82 Å². The number of anilines is 1. The van der Waals surface area contributed by atoms with Gasteiger partial charge in [-0.15, -0.1) is 0 Å². The minimum Gasteiger partial charge on any atom is -0.481 e. The molecular formula is C26H32FN3O3. The minimum absolute atomic E-state index is 0.0353. The molecule has 33 heavy (non-hydrogen) atoms. The van der Waals surface area contributed by atoms with Crippen LogP contribution in [0.3, 0.4) is 0 Å². The minimum atomic E-state index is -0.798. The zero-order valence-corrected chi connectivity index (χ0v) is 18.8. The van der Waals surface area contributed by atoms with E-state index in [1.165, 1.54) is 12.1 Å². The molecule has 1 saturated heterocycles. The summed E-state index contributed by atoms with van der Waals surface area (Å²) in [5.74, 6) is -1.71. The molecule has 1 amide bonds. The molecule has 0 spiro atoms. The van der Waals surface area contributed by atoms with Gasteiger partial charge in [-0.1, -0.05) is 36.8 Å². The second kappa shape index (κ2) is 10.8. The monoisotopic (exact) mass is 453 g/mol. The van der Waals surface area contributed by atoms with Crippen molar-refractivity contribution in [1.29, 1.82) is 0 Å². The smallest absolute Gasteiger partial charge is 0.306 e. The summed E-state index contributed by atoms with van der Waals surface area (Å²) in [7, 11) is 0. The summed E-state index contributed by atoms with van der Waals surface area (Å²) in [6.45, 7) is 3.81. The number of piperazine rings is 1. The number of nitrogens with one attached hydrogen (secondary N) is 1. The van der Waals surface area contributed by atoms with Gasteiger partial charge in [-0.05, 0) is 49.1 Å². The van der Waals surface area contributed by atoms with E-state index in [-0.39, 0.29) is 23.7 Å². The highest BCUT2D eigenvalue weighted by Gasteiger charge is 2.32. The second-order valence-corrected chi connectivity index (χ2v) is 9.07. The van der Waals surface area contributed by atoms with Crippen LogP contribution in [0.1, 0.15) is 37.3 Å². The van der Waals surface area contributed by atoms with Crippen molar-refractivity contribution >= 4 is 17.6 Å². The highest BCUT2D eigenvalue weighted by molar-refractivity contribution is 5.80. The van der Waals surface area contributed by atoms with E-state index < -0.39 is 11.9 Å². The number of halogens is 1. The van der Waals surface area contributed by atoms with Gasteiger partial charge in [-0.25, -0.2) is 4.39 Å². The molecule has 2 aromatic rings. The first-order valence-electron chi connectivity index (χ1n) is 11.8. The number of nitrogens with zero attached hydrogens (tertiary/aromatic N) is 2. The van der Waals surface area contributed by atoms with Crippen molar-refractivity contribution in [1.82, 2.24) is 10.2 Å². The summed E-state index contributed by atoms with van der Waals surface area (Å²) >= 11 is 0. The molecule has 2 aromatic carbocycles. The zero-order chi connectivity index (χ0) is 23.2. The van der Waals surface area contributed by atoms with Gasteiger partial charge in [0.05, 0.1) is 12.0 Å². The summed E-state index contributed by atoms with van der Waals surface area (Å²) in [4.78, 5) is 28.9. The Kier molecular flexibility index (Phi) is 7.60. The Morgan fingerprint density at radius 2 is 1.64 bits per heavy atom. The van der Waals surface area contributed by atoms with Crippen LogP contribution >= 0.6 is 0 Å². The van der Waals surface area contributed by atoms with Crippen LogP contribution < -0.4 is 10.2 Å². The molecule has 6 nitrogen and oxygen atoms in total. The fraction of sp³-hybridized carbons (Fsp3) is 0.462. The third-order valence-corrected chi connectivity index (χ3v) is 7.00. The maximum atomic E-state index is 13.3. The number of carboxylic acids is 1. The van der Waals surface area contributed by atoms with Crippen LogP contribution in [0.5, 0.6) is 0 Å². The number of benzene rings is 2. The van der Waals surface area contributed by atoms with E-state index in [0.29, 0.717) is 19.4 Å². The molecule has 0 aromatic heterocycles. The zero-order valence-electron chi connectivity index (χ0n) is 18.8. The molecule has 2 aliphatic rings. The van der Waals surface area contributed by atoms with Crippen LogP contribution in [0.15, 0.2) is 54.6 Å². The van der Waals surface area contributed by atoms with E-state index in [1.807, 2.05) is 30.3 Å². The van der Waals surface area contributed by atoms with E-state index >= 15 is 0 Å². The van der Waals surface area contributed by atoms with Gasteiger partial charge < -0.3 is 15.3 Å². The Bertz CT molecular complexity index is 930. The molecule has 2 N–H and O–H groups in total. The van der Waals surface area contributed by atoms with Gasteiger partial charge >= 0.3 is 5.97 Å². The van der Waals surface area contributed by atoms with E-state index in [4.69, 9.17) is 0 Å². The van der Waals surface area contributed by atoms with Crippen molar-refractivity contribution in [2.75, 3.05) is 37.6 Å². The lowest BCUT2D eigenvalue weighted by atomic mass is 9.81. The summed E-state index contributed by atoms with van der Waals surface area (Å²) in [5.41, 5.74) is 2.17. The molecule has 0 bridgehead atoms. The van der Waals surface area contributed by atoms with Gasteiger partial charge in [-0.2, -0.15) is 0 Å². The molecule has 1 aliphatic carbocycles. The third-order valence-electron chi connectivity index (χ3n) is 7.00. The number of carboxylic acid groups (broad SMARTS) is 1. The van der Waals surface area contributed by atoms with Crippen LogP contribution in [0.4, 0.5) is 10.1 Å². The topological polar surface area (TPSA) is 72.9 Å². The van der Waals surface area contributed by atoms with Crippen LogP contribution in [0.25, 0.3) is 0 Å². The summed E-state index contributed by atoms with van der Waals surface area (Å²) < 4.78 is 13.3. The second-order valence-electron chi connectivity index (χ2n) is 9.07. The van der Waals surface area contributed by atoms with Crippen molar-refractivity contribution in [3.05, 3.63) is 66.0 Å². The number of amides is 1. The normalized spacial score (nSPS) is 22.5. The Labute approximate surface area is 194 Å². The molecule has 7 heteroatoms. The van der Waals surface area contributed by atoms with Crippen molar-refractivity contribution in [3.63, 3.8) is 0 Å². The molecule has 0 radical (unpaired) electrons. The van der Waals surface area contributed by atoms with Gasteiger partial charge in [-0.3, -0.25) is 14.5 Å². The standard InChI is InChI=1S/C26H32FN3O3/c27-22-9-11-23(12-10-22)29-13-15-30(16-14-29)24(19-5-2-1-3-6-19)18-28-25(31)20-7-4-8-21(17-20)26(32)33/h1-3,5-6,9-12,20-21,24H,4,7-8,13-18H2,(H,28,31)(H,32,33)/t20-,21+,24?/m1/s1. The maximum Gasteiger partial charge on any atom is 0.306 e. The van der Waals surface area contributed by atoms with Gasteiger partial charge in [0.25, 0.3) is 0 Å². The molecule has 1 heterocycles. The number of rotatable bonds is 7. The highest BCUT2D eigenvalue weighted by atomic mass is 19.1. The molecule has 176 valence electrons. The lowest BCUT2D eigenvalue weighted by molar-refractivity contribution is -0.144. The Hall–Kier alpha value is -2.93. The number of hydrogen-bond donors (Lipinski definition) is 2. The summed E-state index contributed by atoms with van der Waals surface area (Å²) in [6, 6.07) is 16.8. The number of carbonyl (C=O) groups excluding carboxylic acids is 1. The van der Waals surface area contributed by atoms with Crippen molar-refractivity contribution in [2.24, 2.45) is 11.8 Å². The molecule has 2 fully saturated rings. The number of carbonyl (C=O) groups is 2. The average molecular weight is 454 g/mol. The average Bonchev–Trinajstić information content (AvgIpc) is 2.85. The van der Waals surface area contributed by atoms with Gasteiger partial charge in [0.2, 0.25) is 5.91 Å². The molecule has 4 rings (SSSR count). The van der Waals surface area contributed by atoms with Crippen LogP contribution in [0.2, 0.25) is 0 Å².